The maximum Gasteiger partial charge on any atom is 0.124 e. The first-order valence-electron chi connectivity index (χ1n) is 7.70. The molecule has 0 fully saturated rings. The van der Waals surface area contributed by atoms with Crippen molar-refractivity contribution in [1.82, 2.24) is 5.32 Å². The minimum atomic E-state index is 0.737. The van der Waals surface area contributed by atoms with Crippen LogP contribution in [0.1, 0.15) is 25.3 Å². The van der Waals surface area contributed by atoms with E-state index < -0.39 is 0 Å². The van der Waals surface area contributed by atoms with E-state index >= 15 is 0 Å². The van der Waals surface area contributed by atoms with Crippen LogP contribution in [-0.4, -0.2) is 26.9 Å². The SMILES string of the molecule is CCNCc1c(OCCCCOC)ccc2ccccc12. The third-order valence-corrected chi connectivity index (χ3v) is 3.55. The number of nitrogens with one attached hydrogen (secondary N) is 1. The molecule has 0 amide bonds. The molecule has 0 aliphatic carbocycles. The predicted octanol–water partition coefficient (Wildman–Crippen LogP) is 3.75. The smallest absolute Gasteiger partial charge is 0.124 e. The summed E-state index contributed by atoms with van der Waals surface area (Å²) in [5.41, 5.74) is 1.25. The summed E-state index contributed by atoms with van der Waals surface area (Å²) in [4.78, 5) is 0. The summed E-state index contributed by atoms with van der Waals surface area (Å²) < 4.78 is 11.1. The molecule has 0 heterocycles. The van der Waals surface area contributed by atoms with Crippen molar-refractivity contribution in [1.29, 1.82) is 0 Å². The van der Waals surface area contributed by atoms with E-state index in [-0.39, 0.29) is 0 Å². The van der Waals surface area contributed by atoms with E-state index in [0.29, 0.717) is 0 Å². The van der Waals surface area contributed by atoms with Gasteiger partial charge in [0.25, 0.3) is 0 Å². The van der Waals surface area contributed by atoms with E-state index in [0.717, 1.165) is 44.9 Å². The molecule has 3 nitrogen and oxygen atoms in total. The lowest BCUT2D eigenvalue weighted by Crippen LogP contribution is -2.13. The van der Waals surface area contributed by atoms with E-state index in [1.54, 1.807) is 7.11 Å². The molecule has 2 aromatic rings. The van der Waals surface area contributed by atoms with Gasteiger partial charge in [0.2, 0.25) is 0 Å². The molecule has 0 radical (unpaired) electrons. The Hall–Kier alpha value is -1.58. The van der Waals surface area contributed by atoms with Gasteiger partial charge in [-0.05, 0) is 36.2 Å². The third kappa shape index (κ3) is 4.45. The lowest BCUT2D eigenvalue weighted by atomic mass is 10.0. The zero-order valence-electron chi connectivity index (χ0n) is 13.0. The molecule has 21 heavy (non-hydrogen) atoms. The topological polar surface area (TPSA) is 30.5 Å². The highest BCUT2D eigenvalue weighted by Crippen LogP contribution is 2.28. The molecular weight excluding hydrogens is 262 g/mol. The summed E-state index contributed by atoms with van der Waals surface area (Å²) in [6.45, 7) is 5.45. The lowest BCUT2D eigenvalue weighted by Gasteiger charge is -2.14. The van der Waals surface area contributed by atoms with Crippen molar-refractivity contribution in [2.45, 2.75) is 26.3 Å². The number of rotatable bonds is 9. The molecule has 0 saturated carbocycles. The zero-order chi connectivity index (χ0) is 14.9. The van der Waals surface area contributed by atoms with E-state index in [1.807, 2.05) is 0 Å². The first-order valence-corrected chi connectivity index (χ1v) is 7.70. The van der Waals surface area contributed by atoms with Crippen LogP contribution in [-0.2, 0) is 11.3 Å². The number of hydrogen-bond acceptors (Lipinski definition) is 3. The molecule has 0 bridgehead atoms. The fourth-order valence-corrected chi connectivity index (χ4v) is 2.41. The van der Waals surface area contributed by atoms with Crippen LogP contribution >= 0.6 is 0 Å². The number of methoxy groups -OCH3 is 1. The van der Waals surface area contributed by atoms with Crippen LogP contribution in [0.3, 0.4) is 0 Å². The Morgan fingerprint density at radius 2 is 1.81 bits per heavy atom. The van der Waals surface area contributed by atoms with Gasteiger partial charge in [0, 0.05) is 25.8 Å². The van der Waals surface area contributed by atoms with Gasteiger partial charge < -0.3 is 14.8 Å². The first kappa shape index (κ1) is 15.8. The van der Waals surface area contributed by atoms with Gasteiger partial charge >= 0.3 is 0 Å². The minimum absolute atomic E-state index is 0.737. The predicted molar refractivity (Wildman–Crippen MR) is 87.9 cm³/mol. The standard InChI is InChI=1S/C18H25NO2/c1-3-19-14-17-16-9-5-4-8-15(16)10-11-18(17)21-13-7-6-12-20-2/h4-5,8-11,19H,3,6-7,12-14H2,1-2H3. The second-order valence-corrected chi connectivity index (χ2v) is 5.09. The van der Waals surface area contributed by atoms with Gasteiger partial charge in [-0.1, -0.05) is 37.3 Å². The summed E-state index contributed by atoms with van der Waals surface area (Å²) in [7, 11) is 1.73. The highest BCUT2D eigenvalue weighted by atomic mass is 16.5. The molecule has 0 unspecified atom stereocenters. The summed E-state index contributed by atoms with van der Waals surface area (Å²) in [5.74, 6) is 0.993. The van der Waals surface area contributed by atoms with Crippen molar-refractivity contribution in [3.05, 3.63) is 42.0 Å². The van der Waals surface area contributed by atoms with Crippen molar-refractivity contribution in [3.8, 4) is 5.75 Å². The monoisotopic (exact) mass is 287 g/mol. The molecule has 2 rings (SSSR count). The molecule has 0 aliphatic heterocycles. The van der Waals surface area contributed by atoms with Crippen LogP contribution in [0.15, 0.2) is 36.4 Å². The molecule has 0 saturated heterocycles. The molecule has 1 N–H and O–H groups in total. The maximum atomic E-state index is 5.99. The summed E-state index contributed by atoms with van der Waals surface area (Å²) in [6.07, 6.45) is 2.05. The van der Waals surface area contributed by atoms with Crippen molar-refractivity contribution in [2.24, 2.45) is 0 Å². The van der Waals surface area contributed by atoms with Gasteiger partial charge in [-0.2, -0.15) is 0 Å². The van der Waals surface area contributed by atoms with Gasteiger partial charge in [0.1, 0.15) is 5.75 Å². The number of unbranched alkanes of at least 4 members (excludes halogenated alkanes) is 1. The van der Waals surface area contributed by atoms with Crippen LogP contribution in [0.4, 0.5) is 0 Å². The first-order chi connectivity index (χ1) is 10.4. The van der Waals surface area contributed by atoms with Gasteiger partial charge in [-0.15, -0.1) is 0 Å². The summed E-state index contributed by atoms with van der Waals surface area (Å²) in [5, 5.41) is 5.94. The average Bonchev–Trinajstić information content (AvgIpc) is 2.53. The van der Waals surface area contributed by atoms with Crippen molar-refractivity contribution in [2.75, 3.05) is 26.9 Å². The molecule has 0 aliphatic rings. The minimum Gasteiger partial charge on any atom is -0.493 e. The fraction of sp³-hybridized carbons (Fsp3) is 0.444. The second kappa shape index (κ2) is 8.65. The summed E-state index contributed by atoms with van der Waals surface area (Å²) in [6, 6.07) is 12.7. The van der Waals surface area contributed by atoms with Crippen LogP contribution in [0, 0.1) is 0 Å². The number of ether oxygens (including phenoxy) is 2. The Labute approximate surface area is 127 Å². The van der Waals surface area contributed by atoms with Crippen LogP contribution in [0.2, 0.25) is 0 Å². The van der Waals surface area contributed by atoms with E-state index in [1.165, 1.54) is 16.3 Å². The molecule has 3 heteroatoms. The molecule has 0 atom stereocenters. The molecular formula is C18H25NO2. The van der Waals surface area contributed by atoms with Crippen molar-refractivity contribution >= 4 is 10.8 Å². The van der Waals surface area contributed by atoms with E-state index in [4.69, 9.17) is 9.47 Å². The second-order valence-electron chi connectivity index (χ2n) is 5.09. The summed E-state index contributed by atoms with van der Waals surface area (Å²) >= 11 is 0. The Morgan fingerprint density at radius 1 is 1.00 bits per heavy atom. The van der Waals surface area contributed by atoms with E-state index in [9.17, 15) is 0 Å². The third-order valence-electron chi connectivity index (χ3n) is 3.55. The Kier molecular flexibility index (Phi) is 6.51. The number of benzene rings is 2. The van der Waals surface area contributed by atoms with Gasteiger partial charge in [-0.25, -0.2) is 0 Å². The normalized spacial score (nSPS) is 11.0. The highest BCUT2D eigenvalue weighted by molar-refractivity contribution is 5.87. The average molecular weight is 287 g/mol. The van der Waals surface area contributed by atoms with Crippen LogP contribution in [0.5, 0.6) is 5.75 Å². The highest BCUT2D eigenvalue weighted by Gasteiger charge is 2.08. The van der Waals surface area contributed by atoms with Gasteiger partial charge in [0.15, 0.2) is 0 Å². The molecule has 2 aromatic carbocycles. The van der Waals surface area contributed by atoms with Gasteiger partial charge in [0.05, 0.1) is 6.61 Å². The molecule has 114 valence electrons. The Bertz CT molecular complexity index is 554. The quantitative estimate of drug-likeness (QED) is 0.712. The maximum absolute atomic E-state index is 5.99. The molecule has 0 spiro atoms. The lowest BCUT2D eigenvalue weighted by molar-refractivity contribution is 0.184. The molecule has 0 aromatic heterocycles. The number of fused-ring (bicyclic) bond motifs is 1. The van der Waals surface area contributed by atoms with Gasteiger partial charge in [-0.3, -0.25) is 0 Å². The Balaban J connectivity index is 2.13. The number of hydrogen-bond donors (Lipinski definition) is 1. The van der Waals surface area contributed by atoms with Crippen molar-refractivity contribution in [3.63, 3.8) is 0 Å². The van der Waals surface area contributed by atoms with Crippen LogP contribution in [0.25, 0.3) is 10.8 Å². The van der Waals surface area contributed by atoms with E-state index in [2.05, 4.69) is 48.6 Å². The fourth-order valence-electron chi connectivity index (χ4n) is 2.41. The Morgan fingerprint density at radius 3 is 2.62 bits per heavy atom. The zero-order valence-corrected chi connectivity index (χ0v) is 13.0. The van der Waals surface area contributed by atoms with Crippen molar-refractivity contribution < 1.29 is 9.47 Å². The van der Waals surface area contributed by atoms with Crippen LogP contribution < -0.4 is 10.1 Å². The largest absolute Gasteiger partial charge is 0.493 e.